The smallest absolute Gasteiger partial charge is 0.303 e. The van der Waals surface area contributed by atoms with Crippen molar-refractivity contribution >= 4 is 11.9 Å². The fraction of sp³-hybridized carbons (Fsp3) is 0.778. The molecule has 0 heterocycles. The van der Waals surface area contributed by atoms with Crippen LogP contribution in [-0.4, -0.2) is 23.7 Å². The highest BCUT2D eigenvalue weighted by Gasteiger charge is 1.97. The third kappa shape index (κ3) is 43.0. The minimum atomic E-state index is -0.668. The Morgan fingerprint density at radius 2 is 1.10 bits per heavy atom. The number of carboxylic acid groups (broad SMARTS) is 1. The molecule has 0 unspecified atom stereocenters. The Morgan fingerprint density at radius 1 is 0.625 bits per heavy atom. The Hall–Kier alpha value is -2.02. The van der Waals surface area contributed by atoms with Gasteiger partial charge in [-0.3, -0.25) is 9.59 Å². The lowest BCUT2D eigenvalue weighted by Crippen LogP contribution is -2.00. The van der Waals surface area contributed by atoms with Gasteiger partial charge in [0.15, 0.2) is 0 Å². The van der Waals surface area contributed by atoms with Crippen LogP contribution in [-0.2, 0) is 14.3 Å². The first-order valence-corrected chi connectivity index (χ1v) is 16.7. The van der Waals surface area contributed by atoms with E-state index in [-0.39, 0.29) is 5.97 Å². The van der Waals surface area contributed by atoms with Crippen LogP contribution in [0.5, 0.6) is 0 Å². The van der Waals surface area contributed by atoms with Gasteiger partial charge in [-0.1, -0.05) is 140 Å². The average molecular weight is 561 g/mol. The molecule has 0 aromatic carbocycles. The van der Waals surface area contributed by atoms with Gasteiger partial charge in [-0.2, -0.15) is 0 Å². The summed E-state index contributed by atoms with van der Waals surface area (Å²) in [4.78, 5) is 20.9. The molecule has 0 saturated carbocycles. The highest BCUT2D eigenvalue weighted by molar-refractivity contribution is 5.66. The van der Waals surface area contributed by atoms with Crippen LogP contribution in [0.2, 0.25) is 0 Å². The maximum Gasteiger partial charge on any atom is 0.303 e. The van der Waals surface area contributed by atoms with Gasteiger partial charge in [0.2, 0.25) is 0 Å². The van der Waals surface area contributed by atoms with Crippen LogP contribution >= 0.6 is 0 Å². The van der Waals surface area contributed by atoms with E-state index in [0.717, 1.165) is 32.1 Å². The molecule has 0 aliphatic carbocycles. The first-order valence-electron chi connectivity index (χ1n) is 16.7. The molecule has 0 aromatic rings. The van der Waals surface area contributed by atoms with Crippen LogP contribution in [0, 0.1) is 11.8 Å². The summed E-state index contributed by atoms with van der Waals surface area (Å²) in [6.45, 7) is 6.37. The molecule has 0 aliphatic rings. The molecular formula is C36H64O4. The van der Waals surface area contributed by atoms with Gasteiger partial charge in [-0.05, 0) is 51.0 Å². The number of ether oxygens (including phenoxy) is 1. The van der Waals surface area contributed by atoms with Gasteiger partial charge < -0.3 is 9.84 Å². The number of unbranched alkanes of at least 4 members (excludes halogenated alkanes) is 19. The second-order valence-corrected chi connectivity index (χ2v) is 10.8. The monoisotopic (exact) mass is 560 g/mol. The normalized spacial score (nSPS) is 10.8. The predicted octanol–water partition coefficient (Wildman–Crippen LogP) is 11.1. The number of carbonyl (C=O) groups is 2. The standard InChI is InChI=1S/C18H34O2.C18H30O2/c1-3-4-5-6-7-8-9-10-11-12-13-14-15-16-17-20-18(2)19;1-2-3-4-5-6-7-8-9-10-11-12-13-14-15-16-17-18(19)20/h4-5H,3,6-17H2,1-2H3;3-4H,2,7-17H2,1H3,(H,19,20)/b5-4-;4-3-. The van der Waals surface area contributed by atoms with E-state index >= 15 is 0 Å². The Morgan fingerprint density at radius 3 is 1.60 bits per heavy atom. The van der Waals surface area contributed by atoms with Crippen LogP contribution in [0.3, 0.4) is 0 Å². The molecule has 0 amide bonds. The molecule has 0 radical (unpaired) electrons. The first-order chi connectivity index (χ1) is 19.5. The lowest BCUT2D eigenvalue weighted by atomic mass is 10.1. The molecule has 4 heteroatoms. The maximum atomic E-state index is 10.6. The van der Waals surface area contributed by atoms with Gasteiger partial charge in [0.05, 0.1) is 6.61 Å². The summed E-state index contributed by atoms with van der Waals surface area (Å²) in [6.07, 6.45) is 37.3. The number of carboxylic acids is 1. The fourth-order valence-electron chi connectivity index (χ4n) is 4.31. The van der Waals surface area contributed by atoms with Gasteiger partial charge in [-0.25, -0.2) is 0 Å². The summed E-state index contributed by atoms with van der Waals surface area (Å²) in [5, 5.41) is 8.50. The zero-order valence-corrected chi connectivity index (χ0v) is 26.7. The lowest BCUT2D eigenvalue weighted by molar-refractivity contribution is -0.141. The van der Waals surface area contributed by atoms with Crippen LogP contribution < -0.4 is 0 Å². The van der Waals surface area contributed by atoms with Crippen LogP contribution in [0.4, 0.5) is 0 Å². The van der Waals surface area contributed by atoms with E-state index in [1.807, 2.05) is 6.08 Å². The molecule has 1 N–H and O–H groups in total. The highest BCUT2D eigenvalue weighted by Crippen LogP contribution is 2.12. The Labute approximate surface area is 248 Å². The quantitative estimate of drug-likeness (QED) is 0.0494. The summed E-state index contributed by atoms with van der Waals surface area (Å²) in [7, 11) is 0. The van der Waals surface area contributed by atoms with Crippen molar-refractivity contribution < 1.29 is 19.4 Å². The summed E-state index contributed by atoms with van der Waals surface area (Å²) in [5.74, 6) is 5.40. The largest absolute Gasteiger partial charge is 0.481 e. The van der Waals surface area contributed by atoms with Gasteiger partial charge in [0.1, 0.15) is 0 Å². The van der Waals surface area contributed by atoms with Gasteiger partial charge in [0.25, 0.3) is 0 Å². The van der Waals surface area contributed by atoms with E-state index in [1.54, 1.807) is 0 Å². The third-order valence-electron chi connectivity index (χ3n) is 6.70. The van der Waals surface area contributed by atoms with Crippen molar-refractivity contribution in [3.05, 3.63) is 24.3 Å². The number of allylic oxidation sites excluding steroid dienone is 4. The van der Waals surface area contributed by atoms with Gasteiger partial charge in [-0.15, -0.1) is 0 Å². The fourth-order valence-corrected chi connectivity index (χ4v) is 4.31. The minimum Gasteiger partial charge on any atom is -0.481 e. The van der Waals surface area contributed by atoms with Crippen LogP contribution in [0.15, 0.2) is 24.3 Å². The molecule has 0 aromatic heterocycles. The Balaban J connectivity index is 0. The molecular weight excluding hydrogens is 496 g/mol. The van der Waals surface area contributed by atoms with E-state index in [0.29, 0.717) is 13.0 Å². The van der Waals surface area contributed by atoms with Crippen molar-refractivity contribution in [3.8, 4) is 11.8 Å². The van der Waals surface area contributed by atoms with Crippen LogP contribution in [0.25, 0.3) is 0 Å². The highest BCUT2D eigenvalue weighted by atomic mass is 16.5. The molecule has 0 atom stereocenters. The SMILES string of the molecule is CC/C=C\C#CCCCCCCCCCCCC(=O)O.CC/C=C\CCCCCCCCCCCCOC(C)=O. The predicted molar refractivity (Wildman–Crippen MR) is 172 cm³/mol. The molecule has 0 saturated heterocycles. The number of carbonyl (C=O) groups excluding carboxylic acids is 1. The molecule has 0 rings (SSSR count). The molecule has 0 fully saturated rings. The Bertz CT molecular complexity index is 653. The zero-order valence-electron chi connectivity index (χ0n) is 26.7. The summed E-state index contributed by atoms with van der Waals surface area (Å²) < 4.78 is 4.91. The molecule has 4 nitrogen and oxygen atoms in total. The molecule has 0 aliphatic heterocycles. The second-order valence-electron chi connectivity index (χ2n) is 10.8. The van der Waals surface area contributed by atoms with Crippen molar-refractivity contribution in [3.63, 3.8) is 0 Å². The van der Waals surface area contributed by atoms with Crippen molar-refractivity contribution in [1.82, 2.24) is 0 Å². The van der Waals surface area contributed by atoms with E-state index in [2.05, 4.69) is 43.9 Å². The lowest BCUT2D eigenvalue weighted by Gasteiger charge is -2.03. The third-order valence-corrected chi connectivity index (χ3v) is 6.70. The maximum absolute atomic E-state index is 10.6. The van der Waals surface area contributed by atoms with Crippen molar-refractivity contribution in [1.29, 1.82) is 0 Å². The molecule has 232 valence electrons. The number of hydrogen-bond acceptors (Lipinski definition) is 3. The molecule has 0 bridgehead atoms. The van der Waals surface area contributed by atoms with E-state index in [4.69, 9.17) is 9.84 Å². The zero-order chi connectivity index (χ0) is 29.8. The number of aliphatic carboxylic acids is 1. The van der Waals surface area contributed by atoms with Crippen molar-refractivity contribution in [2.75, 3.05) is 6.61 Å². The minimum absolute atomic E-state index is 0.157. The van der Waals surface area contributed by atoms with E-state index in [1.165, 1.54) is 122 Å². The summed E-state index contributed by atoms with van der Waals surface area (Å²) in [6, 6.07) is 0. The number of hydrogen-bond donors (Lipinski definition) is 1. The topological polar surface area (TPSA) is 63.6 Å². The number of esters is 1. The second kappa shape index (κ2) is 37.0. The summed E-state index contributed by atoms with van der Waals surface area (Å²) >= 11 is 0. The Kier molecular flexibility index (Phi) is 37.1. The van der Waals surface area contributed by atoms with Crippen LogP contribution in [0.1, 0.15) is 175 Å². The van der Waals surface area contributed by atoms with E-state index in [9.17, 15) is 9.59 Å². The number of rotatable bonds is 26. The van der Waals surface area contributed by atoms with Crippen molar-refractivity contribution in [2.24, 2.45) is 0 Å². The first kappa shape index (κ1) is 40.1. The summed E-state index contributed by atoms with van der Waals surface area (Å²) in [5.41, 5.74) is 0. The molecule has 40 heavy (non-hydrogen) atoms. The van der Waals surface area contributed by atoms with Gasteiger partial charge >= 0.3 is 11.9 Å². The molecule has 0 spiro atoms. The van der Waals surface area contributed by atoms with Gasteiger partial charge in [0, 0.05) is 19.8 Å². The average Bonchev–Trinajstić information content (AvgIpc) is 2.93. The van der Waals surface area contributed by atoms with E-state index < -0.39 is 5.97 Å². The van der Waals surface area contributed by atoms with Crippen molar-refractivity contribution in [2.45, 2.75) is 175 Å².